The minimum atomic E-state index is 0.138. The number of carbonyl (C=O) groups is 1. The number of aryl methyl sites for hydroxylation is 1. The van der Waals surface area contributed by atoms with Crippen molar-refractivity contribution >= 4 is 5.91 Å². The summed E-state index contributed by atoms with van der Waals surface area (Å²) in [5, 5.41) is 3.25. The molecular formula is C19H25N3O. The second-order valence-electron chi connectivity index (χ2n) is 6.37. The first-order valence-corrected chi connectivity index (χ1v) is 8.62. The lowest BCUT2D eigenvalue weighted by Gasteiger charge is -2.27. The topological polar surface area (TPSA) is 46.9 Å². The Morgan fingerprint density at radius 2 is 2.30 bits per heavy atom. The van der Waals surface area contributed by atoms with E-state index in [0.717, 1.165) is 32.1 Å². The van der Waals surface area contributed by atoms with Gasteiger partial charge < -0.3 is 9.88 Å². The van der Waals surface area contributed by atoms with E-state index in [4.69, 9.17) is 0 Å². The summed E-state index contributed by atoms with van der Waals surface area (Å²) in [6.45, 7) is 2.15. The fourth-order valence-electron chi connectivity index (χ4n) is 3.55. The molecule has 1 aliphatic carbocycles. The highest BCUT2D eigenvalue weighted by Gasteiger charge is 2.23. The third-order valence-electron chi connectivity index (χ3n) is 4.69. The minimum absolute atomic E-state index is 0.138. The van der Waals surface area contributed by atoms with Crippen LogP contribution in [-0.2, 0) is 11.2 Å². The van der Waals surface area contributed by atoms with Gasteiger partial charge in [-0.05, 0) is 36.8 Å². The predicted molar refractivity (Wildman–Crippen MR) is 91.1 cm³/mol. The maximum Gasteiger partial charge on any atom is 0.222 e. The molecule has 0 unspecified atom stereocenters. The van der Waals surface area contributed by atoms with Crippen LogP contribution in [-0.4, -0.2) is 15.5 Å². The van der Waals surface area contributed by atoms with Crippen molar-refractivity contribution in [2.75, 3.05) is 0 Å². The van der Waals surface area contributed by atoms with Crippen LogP contribution >= 0.6 is 0 Å². The lowest BCUT2D eigenvalue weighted by atomic mass is 9.87. The van der Waals surface area contributed by atoms with Gasteiger partial charge in [0.15, 0.2) is 0 Å². The number of nitrogens with one attached hydrogen (secondary N) is 1. The lowest BCUT2D eigenvalue weighted by Crippen LogP contribution is -2.32. The summed E-state index contributed by atoms with van der Waals surface area (Å²) in [5.74, 6) is 0.138. The molecule has 23 heavy (non-hydrogen) atoms. The molecule has 0 spiro atoms. The molecule has 1 N–H and O–H groups in total. The molecular weight excluding hydrogens is 286 g/mol. The number of nitrogens with zero attached hydrogens (tertiary/aromatic N) is 2. The van der Waals surface area contributed by atoms with Crippen molar-refractivity contribution in [3.63, 3.8) is 0 Å². The minimum Gasteiger partial charge on any atom is -0.349 e. The van der Waals surface area contributed by atoms with Gasteiger partial charge in [0.2, 0.25) is 5.91 Å². The van der Waals surface area contributed by atoms with Crippen molar-refractivity contribution in [1.29, 1.82) is 0 Å². The molecule has 0 saturated carbocycles. The van der Waals surface area contributed by atoms with Crippen molar-refractivity contribution in [3.8, 4) is 0 Å². The molecule has 1 aromatic heterocycles. The van der Waals surface area contributed by atoms with E-state index < -0.39 is 0 Å². The number of hydrogen-bond donors (Lipinski definition) is 1. The van der Waals surface area contributed by atoms with E-state index in [1.54, 1.807) is 6.20 Å². The van der Waals surface area contributed by atoms with Crippen molar-refractivity contribution < 1.29 is 4.79 Å². The number of aromatic nitrogens is 2. The van der Waals surface area contributed by atoms with E-state index in [1.807, 2.05) is 12.5 Å². The summed E-state index contributed by atoms with van der Waals surface area (Å²) in [7, 11) is 0. The van der Waals surface area contributed by atoms with Gasteiger partial charge in [0.1, 0.15) is 0 Å². The van der Waals surface area contributed by atoms with Gasteiger partial charge in [-0.3, -0.25) is 4.79 Å². The van der Waals surface area contributed by atoms with Gasteiger partial charge in [-0.25, -0.2) is 4.98 Å². The molecule has 0 bridgehead atoms. The van der Waals surface area contributed by atoms with Crippen LogP contribution in [0.4, 0.5) is 0 Å². The molecule has 1 aliphatic rings. The zero-order chi connectivity index (χ0) is 16.1. The highest BCUT2D eigenvalue weighted by Crippen LogP contribution is 2.30. The van der Waals surface area contributed by atoms with Crippen molar-refractivity contribution in [1.82, 2.24) is 14.9 Å². The number of imidazole rings is 1. The first kappa shape index (κ1) is 15.8. The summed E-state index contributed by atoms with van der Waals surface area (Å²) in [4.78, 5) is 16.7. The first-order chi connectivity index (χ1) is 11.3. The van der Waals surface area contributed by atoms with Gasteiger partial charge in [-0.2, -0.15) is 0 Å². The Labute approximate surface area is 137 Å². The lowest BCUT2D eigenvalue weighted by molar-refractivity contribution is -0.122. The van der Waals surface area contributed by atoms with Crippen LogP contribution in [0.5, 0.6) is 0 Å². The third kappa shape index (κ3) is 3.81. The van der Waals surface area contributed by atoms with Gasteiger partial charge in [0, 0.05) is 24.9 Å². The van der Waals surface area contributed by atoms with Crippen molar-refractivity contribution in [3.05, 3.63) is 54.1 Å². The Kier molecular flexibility index (Phi) is 5.11. The SMILES string of the molecule is CCC[C@H](CC(=O)N[C@H]1CCCc2ccccc21)n1ccnc1. The smallest absolute Gasteiger partial charge is 0.222 e. The average molecular weight is 311 g/mol. The van der Waals surface area contributed by atoms with E-state index >= 15 is 0 Å². The molecule has 2 atom stereocenters. The molecule has 1 aromatic carbocycles. The Hall–Kier alpha value is -2.10. The van der Waals surface area contributed by atoms with Crippen LogP contribution in [0.25, 0.3) is 0 Å². The Morgan fingerprint density at radius 1 is 1.43 bits per heavy atom. The molecule has 0 radical (unpaired) electrons. The van der Waals surface area contributed by atoms with E-state index in [2.05, 4.69) is 46.1 Å². The second kappa shape index (κ2) is 7.44. The van der Waals surface area contributed by atoms with E-state index in [0.29, 0.717) is 6.42 Å². The van der Waals surface area contributed by atoms with Crippen molar-refractivity contribution in [2.45, 2.75) is 57.5 Å². The fraction of sp³-hybridized carbons (Fsp3) is 0.474. The van der Waals surface area contributed by atoms with Gasteiger partial charge in [0.25, 0.3) is 0 Å². The highest BCUT2D eigenvalue weighted by atomic mass is 16.1. The zero-order valence-corrected chi connectivity index (χ0v) is 13.7. The van der Waals surface area contributed by atoms with Crippen LogP contribution < -0.4 is 5.32 Å². The van der Waals surface area contributed by atoms with Gasteiger partial charge in [-0.15, -0.1) is 0 Å². The van der Waals surface area contributed by atoms with Gasteiger partial charge in [-0.1, -0.05) is 37.6 Å². The van der Waals surface area contributed by atoms with Crippen LogP contribution in [0, 0.1) is 0 Å². The zero-order valence-electron chi connectivity index (χ0n) is 13.7. The number of rotatable bonds is 6. The van der Waals surface area contributed by atoms with Crippen LogP contribution in [0.3, 0.4) is 0 Å². The first-order valence-electron chi connectivity index (χ1n) is 8.62. The normalized spacial score (nSPS) is 18.2. The fourth-order valence-corrected chi connectivity index (χ4v) is 3.55. The molecule has 122 valence electrons. The summed E-state index contributed by atoms with van der Waals surface area (Å²) >= 11 is 0. The van der Waals surface area contributed by atoms with Gasteiger partial charge >= 0.3 is 0 Å². The molecule has 0 aliphatic heterocycles. The largest absolute Gasteiger partial charge is 0.349 e. The standard InChI is InChI=1S/C19H25N3O/c1-2-6-16(22-12-11-20-14-22)13-19(23)21-18-10-5-8-15-7-3-4-9-17(15)18/h3-4,7,9,11-12,14,16,18H,2,5-6,8,10,13H2,1H3,(H,21,23)/t16-,18+/m1/s1. The molecule has 1 heterocycles. The predicted octanol–water partition coefficient (Wildman–Crippen LogP) is 3.81. The average Bonchev–Trinajstić information content (AvgIpc) is 3.09. The maximum atomic E-state index is 12.6. The third-order valence-corrected chi connectivity index (χ3v) is 4.69. The van der Waals surface area contributed by atoms with Crippen LogP contribution in [0.2, 0.25) is 0 Å². The number of hydrogen-bond acceptors (Lipinski definition) is 2. The molecule has 1 amide bonds. The summed E-state index contributed by atoms with van der Waals surface area (Å²) in [5.41, 5.74) is 2.67. The Bertz CT molecular complexity index is 636. The van der Waals surface area contributed by atoms with Gasteiger partial charge in [0.05, 0.1) is 12.4 Å². The molecule has 0 saturated heterocycles. The van der Waals surface area contributed by atoms with E-state index in [1.165, 1.54) is 11.1 Å². The molecule has 0 fully saturated rings. The van der Waals surface area contributed by atoms with E-state index in [-0.39, 0.29) is 18.0 Å². The number of carbonyl (C=O) groups excluding carboxylic acids is 1. The molecule has 2 aromatic rings. The van der Waals surface area contributed by atoms with Crippen molar-refractivity contribution in [2.24, 2.45) is 0 Å². The van der Waals surface area contributed by atoms with E-state index in [9.17, 15) is 4.79 Å². The highest BCUT2D eigenvalue weighted by molar-refractivity contribution is 5.77. The Morgan fingerprint density at radius 3 is 3.09 bits per heavy atom. The quantitative estimate of drug-likeness (QED) is 0.882. The number of benzene rings is 1. The summed E-state index contributed by atoms with van der Waals surface area (Å²) in [6.07, 6.45) is 11.4. The number of fused-ring (bicyclic) bond motifs is 1. The second-order valence-corrected chi connectivity index (χ2v) is 6.37. The Balaban J connectivity index is 1.65. The number of amides is 1. The summed E-state index contributed by atoms with van der Waals surface area (Å²) < 4.78 is 2.05. The maximum absolute atomic E-state index is 12.6. The van der Waals surface area contributed by atoms with Crippen LogP contribution in [0.15, 0.2) is 43.0 Å². The monoisotopic (exact) mass is 311 g/mol. The molecule has 4 nitrogen and oxygen atoms in total. The molecule has 3 rings (SSSR count). The van der Waals surface area contributed by atoms with Crippen LogP contribution in [0.1, 0.15) is 62.2 Å². The summed E-state index contributed by atoms with van der Waals surface area (Å²) in [6, 6.07) is 8.84. The molecule has 4 heteroatoms.